The van der Waals surface area contributed by atoms with Crippen LogP contribution in [-0.4, -0.2) is 11.1 Å². The van der Waals surface area contributed by atoms with Crippen LogP contribution >= 0.6 is 15.9 Å². The molecule has 1 unspecified atom stereocenters. The summed E-state index contributed by atoms with van der Waals surface area (Å²) in [6, 6.07) is 0. The summed E-state index contributed by atoms with van der Waals surface area (Å²) in [5, 5.41) is 0. The van der Waals surface area contributed by atoms with E-state index in [2.05, 4.69) is 22.9 Å². The van der Waals surface area contributed by atoms with Crippen molar-refractivity contribution in [3.05, 3.63) is 0 Å². The Hall–Kier alpha value is 0.669. The molecule has 0 aromatic carbocycles. The Morgan fingerprint density at radius 2 is 2.22 bits per heavy atom. The Labute approximate surface area is 75.2 Å². The Bertz CT molecular complexity index is 68.1. The number of aldehydes is 1. The first-order chi connectivity index (χ1) is 3.81. The molecule has 55 valence electrons. The second kappa shape index (κ2) is 8.67. The first kappa shape index (κ1) is 12.4. The fraction of sp³-hybridized carbons (Fsp3) is 0.833. The van der Waals surface area contributed by atoms with Gasteiger partial charge in [0.05, 0.1) is 4.83 Å². The molecular formula is C6H11BrMnO. The van der Waals surface area contributed by atoms with E-state index < -0.39 is 0 Å². The third-order valence-electron chi connectivity index (χ3n) is 0.981. The van der Waals surface area contributed by atoms with Crippen LogP contribution in [0.15, 0.2) is 0 Å². The van der Waals surface area contributed by atoms with Crippen LogP contribution in [0.25, 0.3) is 0 Å². The van der Waals surface area contributed by atoms with Gasteiger partial charge in [-0.25, -0.2) is 0 Å². The van der Waals surface area contributed by atoms with Gasteiger partial charge >= 0.3 is 0 Å². The van der Waals surface area contributed by atoms with Gasteiger partial charge in [0.1, 0.15) is 6.29 Å². The van der Waals surface area contributed by atoms with Gasteiger partial charge < -0.3 is 4.79 Å². The Kier molecular flexibility index (Phi) is 11.9. The van der Waals surface area contributed by atoms with Crippen molar-refractivity contribution in [1.29, 1.82) is 0 Å². The number of carbonyl (C=O) groups is 1. The van der Waals surface area contributed by atoms with E-state index >= 15 is 0 Å². The molecule has 0 bridgehead atoms. The van der Waals surface area contributed by atoms with Crippen molar-refractivity contribution in [2.45, 2.75) is 31.0 Å². The minimum Gasteiger partial charge on any atom is -0.302 e. The largest absolute Gasteiger partial charge is 0.302 e. The van der Waals surface area contributed by atoms with Crippen LogP contribution in [0.1, 0.15) is 26.2 Å². The first-order valence-corrected chi connectivity index (χ1v) is 3.82. The van der Waals surface area contributed by atoms with Crippen LogP contribution in [-0.2, 0) is 21.9 Å². The molecule has 9 heavy (non-hydrogen) atoms. The number of rotatable bonds is 4. The molecule has 0 heterocycles. The van der Waals surface area contributed by atoms with E-state index in [0.717, 1.165) is 25.5 Å². The van der Waals surface area contributed by atoms with Crippen molar-refractivity contribution < 1.29 is 21.9 Å². The van der Waals surface area contributed by atoms with E-state index in [1.807, 2.05) is 0 Å². The quantitative estimate of drug-likeness (QED) is 0.413. The molecule has 0 aliphatic carbocycles. The molecule has 0 aliphatic rings. The molecule has 1 radical (unpaired) electrons. The maximum Gasteiger partial charge on any atom is 0.133 e. The zero-order chi connectivity index (χ0) is 6.41. The zero-order valence-electron chi connectivity index (χ0n) is 5.44. The smallest absolute Gasteiger partial charge is 0.133 e. The van der Waals surface area contributed by atoms with E-state index in [0.29, 0.717) is 0 Å². The second-order valence-electron chi connectivity index (χ2n) is 1.79. The topological polar surface area (TPSA) is 17.1 Å². The van der Waals surface area contributed by atoms with Gasteiger partial charge in [-0.2, -0.15) is 0 Å². The van der Waals surface area contributed by atoms with Gasteiger partial charge in [-0.15, -0.1) is 0 Å². The molecule has 0 saturated heterocycles. The molecule has 0 spiro atoms. The maximum absolute atomic E-state index is 9.96. The van der Waals surface area contributed by atoms with Crippen LogP contribution in [0, 0.1) is 0 Å². The van der Waals surface area contributed by atoms with Gasteiger partial charge in [-0.3, -0.25) is 0 Å². The predicted octanol–water partition coefficient (Wildman–Crippen LogP) is 2.14. The van der Waals surface area contributed by atoms with E-state index in [1.165, 1.54) is 0 Å². The normalized spacial score (nSPS) is 11.8. The van der Waals surface area contributed by atoms with Crippen molar-refractivity contribution in [2.24, 2.45) is 0 Å². The van der Waals surface area contributed by atoms with E-state index in [1.54, 1.807) is 0 Å². The summed E-state index contributed by atoms with van der Waals surface area (Å²) in [5.74, 6) is 0. The van der Waals surface area contributed by atoms with E-state index in [4.69, 9.17) is 0 Å². The van der Waals surface area contributed by atoms with Gasteiger partial charge in [0.2, 0.25) is 0 Å². The van der Waals surface area contributed by atoms with Gasteiger partial charge in [0.25, 0.3) is 0 Å². The molecule has 0 N–H and O–H groups in total. The summed E-state index contributed by atoms with van der Waals surface area (Å²) in [6.07, 6.45) is 4.21. The van der Waals surface area contributed by atoms with Crippen molar-refractivity contribution in [1.82, 2.24) is 0 Å². The third-order valence-corrected chi connectivity index (χ3v) is 1.65. The number of hydrogen-bond donors (Lipinski definition) is 0. The average Bonchev–Trinajstić information content (AvgIpc) is 1.83. The van der Waals surface area contributed by atoms with Crippen LogP contribution in [0.5, 0.6) is 0 Å². The van der Waals surface area contributed by atoms with Crippen LogP contribution in [0.2, 0.25) is 0 Å². The standard InChI is InChI=1S/C6H11BrO.Mn/c1-2-3-4-6(7)5-8;/h5-6H,2-4H2,1H3;. The summed E-state index contributed by atoms with van der Waals surface area (Å²) >= 11 is 3.21. The molecule has 3 heteroatoms. The molecular weight excluding hydrogens is 223 g/mol. The fourth-order valence-electron chi connectivity index (χ4n) is 0.467. The first-order valence-electron chi connectivity index (χ1n) is 2.90. The predicted molar refractivity (Wildman–Crippen MR) is 38.3 cm³/mol. The van der Waals surface area contributed by atoms with Crippen molar-refractivity contribution in [2.75, 3.05) is 0 Å². The number of hydrogen-bond acceptors (Lipinski definition) is 1. The monoisotopic (exact) mass is 233 g/mol. The summed E-state index contributed by atoms with van der Waals surface area (Å²) in [7, 11) is 0. The summed E-state index contributed by atoms with van der Waals surface area (Å²) in [5.41, 5.74) is 0. The molecule has 1 atom stereocenters. The summed E-state index contributed by atoms with van der Waals surface area (Å²) < 4.78 is 0. The second-order valence-corrected chi connectivity index (χ2v) is 2.97. The van der Waals surface area contributed by atoms with Crippen molar-refractivity contribution in [3.63, 3.8) is 0 Å². The molecule has 1 nitrogen and oxygen atoms in total. The molecule has 0 aromatic rings. The van der Waals surface area contributed by atoms with Gasteiger partial charge in [-0.05, 0) is 6.42 Å². The zero-order valence-corrected chi connectivity index (χ0v) is 8.21. The third kappa shape index (κ3) is 8.67. The number of carbonyl (C=O) groups excluding carboxylic acids is 1. The van der Waals surface area contributed by atoms with Gasteiger partial charge in [-0.1, -0.05) is 35.7 Å². The average molecular weight is 234 g/mol. The van der Waals surface area contributed by atoms with Gasteiger partial charge in [0.15, 0.2) is 0 Å². The minimum absolute atomic E-state index is 0. The molecule has 0 aromatic heterocycles. The number of alkyl halides is 1. The molecule has 0 amide bonds. The fourth-order valence-corrected chi connectivity index (χ4v) is 0.791. The Morgan fingerprint density at radius 3 is 2.56 bits per heavy atom. The molecule has 0 aliphatic heterocycles. The summed E-state index contributed by atoms with van der Waals surface area (Å²) in [4.78, 5) is 10.0. The molecule has 0 rings (SSSR count). The summed E-state index contributed by atoms with van der Waals surface area (Å²) in [6.45, 7) is 2.12. The minimum atomic E-state index is 0. The van der Waals surface area contributed by atoms with Crippen LogP contribution in [0.3, 0.4) is 0 Å². The SMILES string of the molecule is CCCCC(Br)C=O.[Mn]. The maximum atomic E-state index is 9.96. The van der Waals surface area contributed by atoms with Gasteiger partial charge in [0, 0.05) is 17.1 Å². The molecule has 0 fully saturated rings. The Morgan fingerprint density at radius 1 is 1.67 bits per heavy atom. The number of halogens is 1. The Balaban J connectivity index is 0. The van der Waals surface area contributed by atoms with E-state index in [9.17, 15) is 4.79 Å². The van der Waals surface area contributed by atoms with Crippen molar-refractivity contribution >= 4 is 22.2 Å². The van der Waals surface area contributed by atoms with E-state index in [-0.39, 0.29) is 21.9 Å². The van der Waals surface area contributed by atoms with Crippen molar-refractivity contribution in [3.8, 4) is 0 Å². The van der Waals surface area contributed by atoms with Crippen LogP contribution in [0.4, 0.5) is 0 Å². The van der Waals surface area contributed by atoms with Crippen LogP contribution < -0.4 is 0 Å². The molecule has 0 saturated carbocycles. The number of unbranched alkanes of at least 4 members (excludes halogenated alkanes) is 1.